The van der Waals surface area contributed by atoms with Gasteiger partial charge in [0.2, 0.25) is 0 Å². The van der Waals surface area contributed by atoms with Crippen molar-refractivity contribution in [3.8, 4) is 28.5 Å². The summed E-state index contributed by atoms with van der Waals surface area (Å²) < 4.78 is 17.6. The predicted octanol–water partition coefficient (Wildman–Crippen LogP) is 6.25. The highest BCUT2D eigenvalue weighted by atomic mass is 16.5. The lowest BCUT2D eigenvalue weighted by atomic mass is 9.94. The Morgan fingerprint density at radius 1 is 0.833 bits per heavy atom. The fraction of sp³-hybridized carbons (Fsp3) is 0.346. The van der Waals surface area contributed by atoms with Crippen molar-refractivity contribution in [1.29, 1.82) is 0 Å². The molecule has 1 heterocycles. The van der Waals surface area contributed by atoms with E-state index >= 15 is 0 Å². The molecule has 0 saturated heterocycles. The van der Waals surface area contributed by atoms with Crippen LogP contribution in [0.25, 0.3) is 11.3 Å². The second-order valence-electron chi connectivity index (χ2n) is 7.44. The number of benzene rings is 2. The summed E-state index contributed by atoms with van der Waals surface area (Å²) in [5.41, 5.74) is 5.64. The fourth-order valence-corrected chi connectivity index (χ4v) is 3.55. The standard InChI is InChI=1S/C26H31NO3/c1-6-19-11-10-12-20(7-2)26(19)22-15-25(28-5)21(16-27-22)17-29-23-13-8-9-14-24(23)30-18(3)4/h8-16,18H,6-7,17H2,1-5H3. The number of nitrogens with zero attached hydrogens (tertiary/aromatic N) is 1. The lowest BCUT2D eigenvalue weighted by Gasteiger charge is -2.17. The van der Waals surface area contributed by atoms with Crippen LogP contribution in [-0.2, 0) is 19.4 Å². The van der Waals surface area contributed by atoms with Crippen LogP contribution in [0.1, 0.15) is 44.4 Å². The average molecular weight is 406 g/mol. The molecule has 0 radical (unpaired) electrons. The van der Waals surface area contributed by atoms with Gasteiger partial charge in [-0.1, -0.05) is 44.2 Å². The lowest BCUT2D eigenvalue weighted by Crippen LogP contribution is -2.07. The molecule has 2 aromatic carbocycles. The van der Waals surface area contributed by atoms with Gasteiger partial charge in [0.1, 0.15) is 12.4 Å². The first-order valence-electron chi connectivity index (χ1n) is 10.6. The molecular weight excluding hydrogens is 374 g/mol. The number of rotatable bonds is 9. The van der Waals surface area contributed by atoms with Gasteiger partial charge >= 0.3 is 0 Å². The first kappa shape index (κ1) is 21.7. The van der Waals surface area contributed by atoms with Crippen molar-refractivity contribution in [1.82, 2.24) is 4.98 Å². The molecule has 30 heavy (non-hydrogen) atoms. The minimum atomic E-state index is 0.0802. The zero-order chi connectivity index (χ0) is 21.5. The smallest absolute Gasteiger partial charge is 0.161 e. The monoisotopic (exact) mass is 405 g/mol. The van der Waals surface area contributed by atoms with E-state index in [4.69, 9.17) is 19.2 Å². The van der Waals surface area contributed by atoms with Crippen LogP contribution in [0, 0.1) is 0 Å². The Kier molecular flexibility index (Phi) is 7.34. The van der Waals surface area contributed by atoms with Crippen LogP contribution in [0.3, 0.4) is 0 Å². The van der Waals surface area contributed by atoms with E-state index in [2.05, 4.69) is 32.0 Å². The van der Waals surface area contributed by atoms with E-state index in [1.165, 1.54) is 16.7 Å². The Morgan fingerprint density at radius 2 is 1.50 bits per heavy atom. The van der Waals surface area contributed by atoms with Gasteiger partial charge in [-0.3, -0.25) is 4.98 Å². The Balaban J connectivity index is 1.88. The quantitative estimate of drug-likeness (QED) is 0.422. The van der Waals surface area contributed by atoms with Gasteiger partial charge in [0.05, 0.1) is 18.9 Å². The molecule has 4 nitrogen and oxygen atoms in total. The molecule has 0 saturated carbocycles. The summed E-state index contributed by atoms with van der Waals surface area (Å²) in [6.07, 6.45) is 3.86. The number of aromatic nitrogens is 1. The first-order chi connectivity index (χ1) is 14.6. The lowest BCUT2D eigenvalue weighted by molar-refractivity contribution is 0.217. The van der Waals surface area contributed by atoms with E-state index in [1.807, 2.05) is 50.4 Å². The molecule has 3 rings (SSSR count). The van der Waals surface area contributed by atoms with E-state index in [0.717, 1.165) is 35.6 Å². The molecule has 0 amide bonds. The van der Waals surface area contributed by atoms with Crippen LogP contribution >= 0.6 is 0 Å². The number of hydrogen-bond acceptors (Lipinski definition) is 4. The Morgan fingerprint density at radius 3 is 2.10 bits per heavy atom. The Hall–Kier alpha value is -3.01. The molecule has 0 aliphatic rings. The first-order valence-corrected chi connectivity index (χ1v) is 10.6. The summed E-state index contributed by atoms with van der Waals surface area (Å²) in [5, 5.41) is 0. The van der Waals surface area contributed by atoms with Crippen molar-refractivity contribution in [2.75, 3.05) is 7.11 Å². The molecule has 4 heteroatoms. The molecule has 0 atom stereocenters. The Bertz CT molecular complexity index is 960. The normalized spacial score (nSPS) is 10.9. The molecule has 3 aromatic rings. The minimum Gasteiger partial charge on any atom is -0.496 e. The van der Waals surface area contributed by atoms with Gasteiger partial charge in [-0.25, -0.2) is 0 Å². The highest BCUT2D eigenvalue weighted by molar-refractivity contribution is 5.69. The van der Waals surface area contributed by atoms with E-state index in [9.17, 15) is 0 Å². The van der Waals surface area contributed by atoms with Crippen molar-refractivity contribution < 1.29 is 14.2 Å². The summed E-state index contributed by atoms with van der Waals surface area (Å²) >= 11 is 0. The zero-order valence-electron chi connectivity index (χ0n) is 18.6. The number of ether oxygens (including phenoxy) is 3. The maximum absolute atomic E-state index is 6.06. The van der Waals surface area contributed by atoms with Crippen LogP contribution in [0.15, 0.2) is 54.7 Å². The van der Waals surface area contributed by atoms with Gasteiger partial charge in [0, 0.05) is 23.4 Å². The summed E-state index contributed by atoms with van der Waals surface area (Å²) in [6.45, 7) is 8.70. The van der Waals surface area contributed by atoms with Crippen LogP contribution in [-0.4, -0.2) is 18.2 Å². The second-order valence-corrected chi connectivity index (χ2v) is 7.44. The third-order valence-electron chi connectivity index (χ3n) is 5.01. The van der Waals surface area contributed by atoms with Crippen molar-refractivity contribution in [3.63, 3.8) is 0 Å². The third kappa shape index (κ3) is 4.93. The fourth-order valence-electron chi connectivity index (χ4n) is 3.55. The largest absolute Gasteiger partial charge is 0.496 e. The van der Waals surface area contributed by atoms with E-state index < -0.39 is 0 Å². The van der Waals surface area contributed by atoms with Gasteiger partial charge in [0.25, 0.3) is 0 Å². The molecule has 0 N–H and O–H groups in total. The van der Waals surface area contributed by atoms with E-state index in [1.54, 1.807) is 7.11 Å². The number of pyridine rings is 1. The van der Waals surface area contributed by atoms with Crippen molar-refractivity contribution in [2.45, 2.75) is 53.2 Å². The predicted molar refractivity (Wildman–Crippen MR) is 122 cm³/mol. The highest BCUT2D eigenvalue weighted by Crippen LogP contribution is 2.33. The zero-order valence-corrected chi connectivity index (χ0v) is 18.6. The molecule has 0 fully saturated rings. The van der Waals surface area contributed by atoms with Crippen LogP contribution in [0.2, 0.25) is 0 Å². The Labute approximate surface area is 179 Å². The van der Waals surface area contributed by atoms with Crippen molar-refractivity contribution >= 4 is 0 Å². The number of para-hydroxylation sites is 2. The molecule has 0 aliphatic heterocycles. The van der Waals surface area contributed by atoms with Crippen LogP contribution in [0.4, 0.5) is 0 Å². The molecule has 1 aromatic heterocycles. The SMILES string of the molecule is CCc1cccc(CC)c1-c1cc(OC)c(COc2ccccc2OC(C)C)cn1. The molecule has 0 bridgehead atoms. The molecule has 0 unspecified atom stereocenters. The molecule has 0 aliphatic carbocycles. The second kappa shape index (κ2) is 10.1. The third-order valence-corrected chi connectivity index (χ3v) is 5.01. The van der Waals surface area contributed by atoms with Gasteiger partial charge in [-0.2, -0.15) is 0 Å². The maximum Gasteiger partial charge on any atom is 0.161 e. The highest BCUT2D eigenvalue weighted by Gasteiger charge is 2.14. The summed E-state index contributed by atoms with van der Waals surface area (Å²) in [6, 6.07) is 16.2. The molecule has 158 valence electrons. The summed E-state index contributed by atoms with van der Waals surface area (Å²) in [4.78, 5) is 4.77. The summed E-state index contributed by atoms with van der Waals surface area (Å²) in [7, 11) is 1.69. The van der Waals surface area contributed by atoms with Crippen molar-refractivity contribution in [3.05, 3.63) is 71.4 Å². The van der Waals surface area contributed by atoms with Crippen LogP contribution < -0.4 is 14.2 Å². The van der Waals surface area contributed by atoms with Gasteiger partial charge < -0.3 is 14.2 Å². The van der Waals surface area contributed by atoms with E-state index in [0.29, 0.717) is 12.4 Å². The minimum absolute atomic E-state index is 0.0802. The van der Waals surface area contributed by atoms with Gasteiger partial charge in [-0.05, 0) is 49.9 Å². The van der Waals surface area contributed by atoms with Crippen LogP contribution in [0.5, 0.6) is 17.2 Å². The summed E-state index contributed by atoms with van der Waals surface area (Å²) in [5.74, 6) is 2.22. The number of hydrogen-bond donors (Lipinski definition) is 0. The molecular formula is C26H31NO3. The average Bonchev–Trinajstić information content (AvgIpc) is 2.77. The number of aryl methyl sites for hydroxylation is 2. The topological polar surface area (TPSA) is 40.6 Å². The van der Waals surface area contributed by atoms with Gasteiger partial charge in [0.15, 0.2) is 11.5 Å². The number of methoxy groups -OCH3 is 1. The maximum atomic E-state index is 6.06. The molecule has 0 spiro atoms. The van der Waals surface area contributed by atoms with Gasteiger partial charge in [-0.15, -0.1) is 0 Å². The van der Waals surface area contributed by atoms with Crippen molar-refractivity contribution in [2.24, 2.45) is 0 Å². The van der Waals surface area contributed by atoms with E-state index in [-0.39, 0.29) is 6.10 Å².